The van der Waals surface area contributed by atoms with Crippen molar-refractivity contribution < 1.29 is 5.11 Å². The standard InChI is InChI=1S/C15H15BrClNO/c16-13-3-1-2-12(8-13)15(19,10-18)9-11-4-6-14(17)7-5-11/h1-8,19H,9-10,18H2. The van der Waals surface area contributed by atoms with Gasteiger partial charge in [-0.05, 0) is 35.4 Å². The molecule has 0 amide bonds. The van der Waals surface area contributed by atoms with Crippen LogP contribution in [-0.2, 0) is 12.0 Å². The highest BCUT2D eigenvalue weighted by Gasteiger charge is 2.28. The van der Waals surface area contributed by atoms with E-state index < -0.39 is 5.60 Å². The number of benzene rings is 2. The Kier molecular flexibility index (Phi) is 4.63. The number of rotatable bonds is 4. The second kappa shape index (κ2) is 6.06. The van der Waals surface area contributed by atoms with Gasteiger partial charge in [-0.15, -0.1) is 0 Å². The van der Waals surface area contributed by atoms with E-state index in [0.717, 1.165) is 15.6 Å². The third kappa shape index (κ3) is 3.57. The summed E-state index contributed by atoms with van der Waals surface area (Å²) in [7, 11) is 0. The molecule has 0 aliphatic heterocycles. The minimum atomic E-state index is -1.07. The van der Waals surface area contributed by atoms with E-state index in [0.29, 0.717) is 11.4 Å². The second-order valence-corrected chi connectivity index (χ2v) is 5.90. The van der Waals surface area contributed by atoms with Crippen LogP contribution in [0.1, 0.15) is 11.1 Å². The molecule has 0 bridgehead atoms. The zero-order valence-electron chi connectivity index (χ0n) is 10.3. The molecule has 2 rings (SSSR count). The predicted octanol–water partition coefficient (Wildman–Crippen LogP) is 3.49. The van der Waals surface area contributed by atoms with Gasteiger partial charge in [0, 0.05) is 22.5 Å². The lowest BCUT2D eigenvalue weighted by atomic mass is 9.87. The fraction of sp³-hybridized carbons (Fsp3) is 0.200. The number of hydrogen-bond acceptors (Lipinski definition) is 2. The fourth-order valence-electron chi connectivity index (χ4n) is 2.01. The predicted molar refractivity (Wildman–Crippen MR) is 82.2 cm³/mol. The molecule has 1 atom stereocenters. The summed E-state index contributed by atoms with van der Waals surface area (Å²) in [6, 6.07) is 15.0. The first-order valence-electron chi connectivity index (χ1n) is 5.96. The van der Waals surface area contributed by atoms with E-state index in [2.05, 4.69) is 15.9 Å². The molecule has 19 heavy (non-hydrogen) atoms. The lowest BCUT2D eigenvalue weighted by molar-refractivity contribution is 0.0462. The first-order chi connectivity index (χ1) is 9.03. The average Bonchev–Trinajstić information content (AvgIpc) is 2.41. The van der Waals surface area contributed by atoms with Gasteiger partial charge in [-0.25, -0.2) is 0 Å². The van der Waals surface area contributed by atoms with Crippen LogP contribution < -0.4 is 5.73 Å². The molecule has 100 valence electrons. The summed E-state index contributed by atoms with van der Waals surface area (Å²) in [4.78, 5) is 0. The number of aliphatic hydroxyl groups is 1. The maximum Gasteiger partial charge on any atom is 0.106 e. The number of halogens is 2. The molecule has 2 aromatic rings. The van der Waals surface area contributed by atoms with Crippen molar-refractivity contribution in [1.82, 2.24) is 0 Å². The van der Waals surface area contributed by atoms with Gasteiger partial charge in [0.1, 0.15) is 5.60 Å². The normalized spacial score (nSPS) is 14.1. The summed E-state index contributed by atoms with van der Waals surface area (Å²) in [5.41, 5.74) is 6.51. The molecule has 0 saturated heterocycles. The highest BCUT2D eigenvalue weighted by atomic mass is 79.9. The van der Waals surface area contributed by atoms with Gasteiger partial charge >= 0.3 is 0 Å². The molecule has 3 N–H and O–H groups in total. The van der Waals surface area contributed by atoms with Crippen molar-refractivity contribution in [2.45, 2.75) is 12.0 Å². The van der Waals surface area contributed by atoms with E-state index in [1.807, 2.05) is 48.5 Å². The van der Waals surface area contributed by atoms with Crippen LogP contribution in [-0.4, -0.2) is 11.7 Å². The van der Waals surface area contributed by atoms with Crippen molar-refractivity contribution in [1.29, 1.82) is 0 Å². The van der Waals surface area contributed by atoms with Gasteiger partial charge in [0.25, 0.3) is 0 Å². The van der Waals surface area contributed by atoms with Crippen molar-refractivity contribution in [2.75, 3.05) is 6.54 Å². The molecule has 0 aromatic heterocycles. The fourth-order valence-corrected chi connectivity index (χ4v) is 2.54. The lowest BCUT2D eigenvalue weighted by Gasteiger charge is -2.27. The molecular formula is C15H15BrClNO. The van der Waals surface area contributed by atoms with Crippen molar-refractivity contribution in [3.05, 3.63) is 69.2 Å². The second-order valence-electron chi connectivity index (χ2n) is 4.55. The summed E-state index contributed by atoms with van der Waals surface area (Å²) in [5, 5.41) is 11.4. The molecule has 2 nitrogen and oxygen atoms in total. The smallest absolute Gasteiger partial charge is 0.106 e. The Morgan fingerprint density at radius 1 is 1.16 bits per heavy atom. The van der Waals surface area contributed by atoms with Gasteiger partial charge in [-0.1, -0.05) is 51.8 Å². The zero-order chi connectivity index (χ0) is 13.9. The van der Waals surface area contributed by atoms with Gasteiger partial charge in [0.15, 0.2) is 0 Å². The van der Waals surface area contributed by atoms with E-state index in [-0.39, 0.29) is 6.54 Å². The van der Waals surface area contributed by atoms with Gasteiger partial charge < -0.3 is 10.8 Å². The molecule has 0 aliphatic rings. The average molecular weight is 341 g/mol. The van der Waals surface area contributed by atoms with E-state index in [1.165, 1.54) is 0 Å². The minimum Gasteiger partial charge on any atom is -0.383 e. The third-order valence-corrected chi connectivity index (χ3v) is 3.85. The van der Waals surface area contributed by atoms with Gasteiger partial charge in [0.05, 0.1) is 0 Å². The molecule has 4 heteroatoms. The van der Waals surface area contributed by atoms with Crippen LogP contribution in [0.4, 0.5) is 0 Å². The Morgan fingerprint density at radius 2 is 1.84 bits per heavy atom. The molecule has 2 aromatic carbocycles. The monoisotopic (exact) mass is 339 g/mol. The summed E-state index contributed by atoms with van der Waals surface area (Å²) in [6.07, 6.45) is 0.455. The van der Waals surface area contributed by atoms with Crippen molar-refractivity contribution in [2.24, 2.45) is 5.73 Å². The molecule has 0 radical (unpaired) electrons. The third-order valence-electron chi connectivity index (χ3n) is 3.11. The topological polar surface area (TPSA) is 46.2 Å². The van der Waals surface area contributed by atoms with E-state index in [1.54, 1.807) is 0 Å². The Morgan fingerprint density at radius 3 is 2.42 bits per heavy atom. The summed E-state index contributed by atoms with van der Waals surface area (Å²) < 4.78 is 0.924. The largest absolute Gasteiger partial charge is 0.383 e. The van der Waals surface area contributed by atoms with Crippen LogP contribution >= 0.6 is 27.5 Å². The first-order valence-corrected chi connectivity index (χ1v) is 7.13. The van der Waals surface area contributed by atoms with Crippen molar-refractivity contribution in [3.63, 3.8) is 0 Å². The molecule has 0 fully saturated rings. The number of nitrogens with two attached hydrogens (primary N) is 1. The van der Waals surface area contributed by atoms with E-state index in [4.69, 9.17) is 17.3 Å². The Hall–Kier alpha value is -0.870. The molecule has 0 heterocycles. The zero-order valence-corrected chi connectivity index (χ0v) is 12.7. The number of hydrogen-bond donors (Lipinski definition) is 2. The van der Waals surface area contributed by atoms with E-state index >= 15 is 0 Å². The van der Waals surface area contributed by atoms with Crippen LogP contribution in [0.3, 0.4) is 0 Å². The highest BCUT2D eigenvalue weighted by Crippen LogP contribution is 2.27. The lowest BCUT2D eigenvalue weighted by Crippen LogP contribution is -2.37. The van der Waals surface area contributed by atoms with Crippen molar-refractivity contribution in [3.8, 4) is 0 Å². The Balaban J connectivity index is 2.30. The highest BCUT2D eigenvalue weighted by molar-refractivity contribution is 9.10. The SMILES string of the molecule is NCC(O)(Cc1ccc(Cl)cc1)c1cccc(Br)c1. The molecule has 0 spiro atoms. The van der Waals surface area contributed by atoms with Crippen LogP contribution in [0.5, 0.6) is 0 Å². The van der Waals surface area contributed by atoms with Crippen LogP contribution in [0.2, 0.25) is 5.02 Å². The van der Waals surface area contributed by atoms with Gasteiger partial charge in [0.2, 0.25) is 0 Å². The van der Waals surface area contributed by atoms with Crippen LogP contribution in [0, 0.1) is 0 Å². The molecule has 0 saturated carbocycles. The quantitative estimate of drug-likeness (QED) is 0.895. The summed E-state index contributed by atoms with van der Waals surface area (Å²) in [5.74, 6) is 0. The Bertz CT molecular complexity index is 558. The van der Waals surface area contributed by atoms with Crippen LogP contribution in [0.15, 0.2) is 53.0 Å². The maximum absolute atomic E-state index is 10.8. The Labute approximate surface area is 126 Å². The van der Waals surface area contributed by atoms with Gasteiger partial charge in [-0.2, -0.15) is 0 Å². The maximum atomic E-state index is 10.8. The molecular weight excluding hydrogens is 326 g/mol. The van der Waals surface area contributed by atoms with Crippen molar-refractivity contribution >= 4 is 27.5 Å². The van der Waals surface area contributed by atoms with Crippen LogP contribution in [0.25, 0.3) is 0 Å². The van der Waals surface area contributed by atoms with E-state index in [9.17, 15) is 5.11 Å². The summed E-state index contributed by atoms with van der Waals surface area (Å²) in [6.45, 7) is 0.159. The molecule has 1 unspecified atom stereocenters. The summed E-state index contributed by atoms with van der Waals surface area (Å²) >= 11 is 9.27. The first kappa shape index (κ1) is 14.5. The minimum absolute atomic E-state index is 0.159. The van der Waals surface area contributed by atoms with Gasteiger partial charge in [-0.3, -0.25) is 0 Å². The molecule has 0 aliphatic carbocycles.